The van der Waals surface area contributed by atoms with E-state index in [0.717, 1.165) is 19.6 Å². The lowest BCUT2D eigenvalue weighted by Crippen LogP contribution is -2.45. The molecule has 5 heteroatoms. The highest BCUT2D eigenvalue weighted by Crippen LogP contribution is 2.36. The molecule has 0 aromatic rings. The molecule has 0 aliphatic heterocycles. The van der Waals surface area contributed by atoms with E-state index in [4.69, 9.17) is 0 Å². The van der Waals surface area contributed by atoms with Crippen LogP contribution in [0.4, 0.5) is 0 Å². The zero-order chi connectivity index (χ0) is 15.3. The number of rotatable bonds is 7. The number of carboxylic acid groups (broad SMARTS) is 1. The summed E-state index contributed by atoms with van der Waals surface area (Å²) < 4.78 is 0. The third kappa shape index (κ3) is 4.47. The fourth-order valence-electron chi connectivity index (χ4n) is 3.12. The first-order chi connectivity index (χ1) is 9.38. The van der Waals surface area contributed by atoms with Gasteiger partial charge in [0.15, 0.2) is 0 Å². The summed E-state index contributed by atoms with van der Waals surface area (Å²) in [5.74, 6) is -1.52. The predicted octanol–water partition coefficient (Wildman–Crippen LogP) is 1.58. The minimum absolute atomic E-state index is 0.0488. The highest BCUT2D eigenvalue weighted by Gasteiger charge is 2.41. The van der Waals surface area contributed by atoms with Crippen molar-refractivity contribution in [1.82, 2.24) is 10.2 Å². The van der Waals surface area contributed by atoms with Crippen LogP contribution in [0.5, 0.6) is 0 Å². The highest BCUT2D eigenvalue weighted by molar-refractivity contribution is 5.85. The molecule has 0 radical (unpaired) electrons. The first kappa shape index (κ1) is 17.0. The van der Waals surface area contributed by atoms with E-state index in [1.54, 1.807) is 0 Å². The van der Waals surface area contributed by atoms with Crippen LogP contribution < -0.4 is 5.32 Å². The quantitative estimate of drug-likeness (QED) is 0.744. The lowest BCUT2D eigenvalue weighted by Gasteiger charge is -2.25. The van der Waals surface area contributed by atoms with Crippen molar-refractivity contribution in [3.63, 3.8) is 0 Å². The summed E-state index contributed by atoms with van der Waals surface area (Å²) in [5, 5.41) is 12.2. The lowest BCUT2D eigenvalue weighted by atomic mass is 9.95. The van der Waals surface area contributed by atoms with Crippen molar-refractivity contribution in [2.45, 2.75) is 46.6 Å². The average Bonchev–Trinajstić information content (AvgIpc) is 2.78. The van der Waals surface area contributed by atoms with E-state index in [9.17, 15) is 14.7 Å². The number of amides is 1. The van der Waals surface area contributed by atoms with Crippen LogP contribution in [0.1, 0.15) is 40.5 Å². The average molecular weight is 284 g/mol. The van der Waals surface area contributed by atoms with Gasteiger partial charge in [-0.3, -0.25) is 9.59 Å². The summed E-state index contributed by atoms with van der Waals surface area (Å²) in [6, 6.07) is 0.0488. The molecule has 1 saturated carbocycles. The van der Waals surface area contributed by atoms with Crippen LogP contribution in [0.25, 0.3) is 0 Å². The number of carbonyl (C=O) groups is 2. The van der Waals surface area contributed by atoms with Crippen LogP contribution in [0, 0.1) is 17.8 Å². The minimum Gasteiger partial charge on any atom is -0.481 e. The number of nitrogens with zero attached hydrogens (tertiary/aromatic N) is 1. The molecule has 0 saturated heterocycles. The third-order valence-corrected chi connectivity index (χ3v) is 4.27. The Kier molecular flexibility index (Phi) is 6.46. The van der Waals surface area contributed by atoms with E-state index in [1.807, 2.05) is 13.8 Å². The predicted molar refractivity (Wildman–Crippen MR) is 78.4 cm³/mol. The Morgan fingerprint density at radius 3 is 2.30 bits per heavy atom. The number of nitrogens with one attached hydrogen (secondary N) is 1. The number of hydrogen-bond acceptors (Lipinski definition) is 3. The normalized spacial score (nSPS) is 27.6. The van der Waals surface area contributed by atoms with Crippen molar-refractivity contribution in [2.75, 3.05) is 19.6 Å². The number of likely N-dealkylation sites (N-methyl/N-ethyl adjacent to an activating group) is 1. The van der Waals surface area contributed by atoms with Crippen LogP contribution in [0.2, 0.25) is 0 Å². The maximum absolute atomic E-state index is 12.3. The van der Waals surface area contributed by atoms with Gasteiger partial charge in [0.2, 0.25) is 5.91 Å². The Morgan fingerprint density at radius 2 is 1.80 bits per heavy atom. The molecule has 1 aliphatic carbocycles. The standard InChI is InChI=1S/C15H28N2O3/c1-5-17(6-2)9-11(4)16-14(18)12-7-10(3)8-13(12)15(19)20/h10-13H,5-9H2,1-4H3,(H,16,18)(H,19,20). The van der Waals surface area contributed by atoms with E-state index in [0.29, 0.717) is 18.8 Å². The zero-order valence-electron chi connectivity index (χ0n) is 13.1. The van der Waals surface area contributed by atoms with Crippen molar-refractivity contribution < 1.29 is 14.7 Å². The van der Waals surface area contributed by atoms with Gasteiger partial charge in [0, 0.05) is 12.6 Å². The van der Waals surface area contributed by atoms with Crippen molar-refractivity contribution in [3.05, 3.63) is 0 Å². The first-order valence-electron chi connectivity index (χ1n) is 7.64. The Balaban J connectivity index is 2.54. The molecule has 1 fully saturated rings. The van der Waals surface area contributed by atoms with Gasteiger partial charge in [-0.15, -0.1) is 0 Å². The molecule has 1 aliphatic rings. The van der Waals surface area contributed by atoms with E-state index >= 15 is 0 Å². The first-order valence-corrected chi connectivity index (χ1v) is 7.64. The van der Waals surface area contributed by atoms with Gasteiger partial charge in [-0.05, 0) is 38.8 Å². The van der Waals surface area contributed by atoms with Crippen molar-refractivity contribution in [3.8, 4) is 0 Å². The van der Waals surface area contributed by atoms with Gasteiger partial charge in [0.05, 0.1) is 11.8 Å². The molecule has 0 bridgehead atoms. The van der Waals surface area contributed by atoms with Crippen LogP contribution in [-0.4, -0.2) is 47.6 Å². The minimum atomic E-state index is -0.842. The molecule has 0 aromatic carbocycles. The van der Waals surface area contributed by atoms with Gasteiger partial charge in [0.1, 0.15) is 0 Å². The molecule has 1 rings (SSSR count). The Hall–Kier alpha value is -1.10. The Labute approximate surface area is 121 Å². The highest BCUT2D eigenvalue weighted by atomic mass is 16.4. The van der Waals surface area contributed by atoms with Crippen molar-refractivity contribution >= 4 is 11.9 Å². The number of aliphatic carboxylic acids is 1. The second-order valence-corrected chi connectivity index (χ2v) is 6.02. The van der Waals surface area contributed by atoms with Gasteiger partial charge in [-0.25, -0.2) is 0 Å². The van der Waals surface area contributed by atoms with E-state index in [1.165, 1.54) is 0 Å². The molecule has 1 amide bonds. The van der Waals surface area contributed by atoms with E-state index in [-0.39, 0.29) is 17.9 Å². The summed E-state index contributed by atoms with van der Waals surface area (Å²) in [6.07, 6.45) is 1.29. The van der Waals surface area contributed by atoms with E-state index in [2.05, 4.69) is 24.1 Å². The molecular weight excluding hydrogens is 256 g/mol. The monoisotopic (exact) mass is 284 g/mol. The molecule has 0 aromatic heterocycles. The summed E-state index contributed by atoms with van der Waals surface area (Å²) in [6.45, 7) is 10.9. The van der Waals surface area contributed by atoms with Gasteiger partial charge in [0.25, 0.3) is 0 Å². The van der Waals surface area contributed by atoms with Crippen LogP contribution in [-0.2, 0) is 9.59 Å². The molecular formula is C15H28N2O3. The summed E-state index contributed by atoms with van der Waals surface area (Å²) in [7, 11) is 0. The second-order valence-electron chi connectivity index (χ2n) is 6.02. The van der Waals surface area contributed by atoms with Crippen LogP contribution >= 0.6 is 0 Å². The lowest BCUT2D eigenvalue weighted by molar-refractivity contribution is -0.146. The molecule has 5 nitrogen and oxygen atoms in total. The fraction of sp³-hybridized carbons (Fsp3) is 0.867. The largest absolute Gasteiger partial charge is 0.481 e. The fourth-order valence-corrected chi connectivity index (χ4v) is 3.12. The summed E-state index contributed by atoms with van der Waals surface area (Å²) >= 11 is 0. The Bertz CT molecular complexity index is 342. The van der Waals surface area contributed by atoms with Gasteiger partial charge in [-0.1, -0.05) is 20.8 Å². The maximum atomic E-state index is 12.3. The van der Waals surface area contributed by atoms with Gasteiger partial charge >= 0.3 is 5.97 Å². The van der Waals surface area contributed by atoms with Gasteiger partial charge < -0.3 is 15.3 Å². The van der Waals surface area contributed by atoms with E-state index < -0.39 is 11.9 Å². The molecule has 4 unspecified atom stereocenters. The topological polar surface area (TPSA) is 69.6 Å². The maximum Gasteiger partial charge on any atom is 0.307 e. The van der Waals surface area contributed by atoms with Crippen LogP contribution in [0.3, 0.4) is 0 Å². The van der Waals surface area contributed by atoms with Crippen LogP contribution in [0.15, 0.2) is 0 Å². The number of carboxylic acids is 1. The summed E-state index contributed by atoms with van der Waals surface area (Å²) in [4.78, 5) is 25.8. The molecule has 0 spiro atoms. The Morgan fingerprint density at radius 1 is 1.25 bits per heavy atom. The molecule has 0 heterocycles. The molecule has 4 atom stereocenters. The third-order valence-electron chi connectivity index (χ3n) is 4.27. The molecule has 2 N–H and O–H groups in total. The molecule has 20 heavy (non-hydrogen) atoms. The zero-order valence-corrected chi connectivity index (χ0v) is 13.1. The van der Waals surface area contributed by atoms with Crippen molar-refractivity contribution in [2.24, 2.45) is 17.8 Å². The number of hydrogen-bond donors (Lipinski definition) is 2. The second kappa shape index (κ2) is 7.62. The van der Waals surface area contributed by atoms with Crippen molar-refractivity contribution in [1.29, 1.82) is 0 Å². The number of carbonyl (C=O) groups excluding carboxylic acids is 1. The SMILES string of the molecule is CCN(CC)CC(C)NC(=O)C1CC(C)CC1C(=O)O. The smallest absolute Gasteiger partial charge is 0.307 e. The summed E-state index contributed by atoms with van der Waals surface area (Å²) in [5.41, 5.74) is 0. The van der Waals surface area contributed by atoms with Gasteiger partial charge in [-0.2, -0.15) is 0 Å². The molecule has 116 valence electrons.